The molecule has 0 aliphatic rings. The van der Waals surface area contributed by atoms with Crippen molar-refractivity contribution in [3.05, 3.63) is 0 Å². The maximum absolute atomic E-state index is 9.44. The lowest BCUT2D eigenvalue weighted by molar-refractivity contribution is 0.0285. The van der Waals surface area contributed by atoms with Crippen LogP contribution in [-0.4, -0.2) is 33.6 Å². The summed E-state index contributed by atoms with van der Waals surface area (Å²) in [6.45, 7) is 12.8. The second-order valence-electron chi connectivity index (χ2n) is 7.33. The largest absolute Gasteiger partial charge is 0.396 e. The van der Waals surface area contributed by atoms with Gasteiger partial charge in [0.25, 0.3) is 0 Å². The Balaban J connectivity index is -0.000000315. The van der Waals surface area contributed by atoms with E-state index in [1.165, 1.54) is 51.4 Å². The molecular formula is C23H52O3. The molecule has 0 radical (unpaired) electrons. The molecule has 0 amide bonds. The Morgan fingerprint density at radius 3 is 1.38 bits per heavy atom. The molecule has 0 spiro atoms. The summed E-state index contributed by atoms with van der Waals surface area (Å²) in [5.41, 5.74) is -0.375. The first-order chi connectivity index (χ1) is 12.4. The fraction of sp³-hybridized carbons (Fsp3) is 1.00. The lowest BCUT2D eigenvalue weighted by Crippen LogP contribution is -2.24. The summed E-state index contributed by atoms with van der Waals surface area (Å²) < 4.78 is 0. The summed E-state index contributed by atoms with van der Waals surface area (Å²) in [6, 6.07) is 0. The third-order valence-corrected chi connectivity index (χ3v) is 5.10. The molecular weight excluding hydrogens is 324 g/mol. The SMILES string of the molecule is CCC(O)(CC)CC.CCCCCCCC(O)CC.CCCCCCO. The zero-order valence-corrected chi connectivity index (χ0v) is 19.0. The van der Waals surface area contributed by atoms with Crippen LogP contribution in [0.2, 0.25) is 0 Å². The van der Waals surface area contributed by atoms with Gasteiger partial charge in [0.1, 0.15) is 0 Å². The zero-order chi connectivity index (χ0) is 20.7. The highest BCUT2D eigenvalue weighted by Gasteiger charge is 2.17. The van der Waals surface area contributed by atoms with Gasteiger partial charge in [0.2, 0.25) is 0 Å². The highest BCUT2D eigenvalue weighted by molar-refractivity contribution is 4.71. The molecule has 3 N–H and O–H groups in total. The van der Waals surface area contributed by atoms with E-state index in [1.54, 1.807) is 0 Å². The molecule has 0 aliphatic carbocycles. The van der Waals surface area contributed by atoms with Crippen LogP contribution in [0.25, 0.3) is 0 Å². The first kappa shape index (κ1) is 30.6. The smallest absolute Gasteiger partial charge is 0.0640 e. The van der Waals surface area contributed by atoms with Crippen LogP contribution in [0.3, 0.4) is 0 Å². The van der Waals surface area contributed by atoms with Crippen molar-refractivity contribution in [3.8, 4) is 0 Å². The van der Waals surface area contributed by atoms with Gasteiger partial charge in [-0.05, 0) is 38.5 Å². The molecule has 0 saturated heterocycles. The predicted octanol–water partition coefficient (Wildman–Crippen LogP) is 6.62. The number of hydrogen-bond acceptors (Lipinski definition) is 3. The molecule has 26 heavy (non-hydrogen) atoms. The van der Waals surface area contributed by atoms with Gasteiger partial charge in [0, 0.05) is 6.61 Å². The summed E-state index contributed by atoms with van der Waals surface area (Å²) in [7, 11) is 0. The topological polar surface area (TPSA) is 60.7 Å². The van der Waals surface area contributed by atoms with Crippen LogP contribution in [-0.2, 0) is 0 Å². The van der Waals surface area contributed by atoms with E-state index in [9.17, 15) is 10.2 Å². The number of aliphatic hydroxyl groups is 3. The van der Waals surface area contributed by atoms with E-state index in [0.717, 1.165) is 38.5 Å². The van der Waals surface area contributed by atoms with Crippen LogP contribution in [0.1, 0.15) is 131 Å². The molecule has 0 aliphatic heterocycles. The van der Waals surface area contributed by atoms with Gasteiger partial charge in [-0.1, -0.05) is 92.9 Å². The monoisotopic (exact) mass is 376 g/mol. The Labute approximate surface area is 165 Å². The van der Waals surface area contributed by atoms with Crippen LogP contribution < -0.4 is 0 Å². The molecule has 162 valence electrons. The highest BCUT2D eigenvalue weighted by atomic mass is 16.3. The van der Waals surface area contributed by atoms with Gasteiger partial charge in [-0.3, -0.25) is 0 Å². The van der Waals surface area contributed by atoms with Gasteiger partial charge < -0.3 is 15.3 Å². The van der Waals surface area contributed by atoms with E-state index in [1.807, 2.05) is 27.7 Å². The minimum atomic E-state index is -0.375. The standard InChI is InChI=1S/C10H22O.C7H16O.C6H14O/c1-3-5-6-7-8-9-10(11)4-2;1-4-7(8,5-2)6-3;1-2-3-4-5-6-7/h10-11H,3-9H2,1-2H3;8H,4-6H2,1-3H3;7H,2-6H2,1H3. The van der Waals surface area contributed by atoms with Crippen molar-refractivity contribution in [2.75, 3.05) is 6.61 Å². The first-order valence-electron chi connectivity index (χ1n) is 11.4. The molecule has 0 heterocycles. The summed E-state index contributed by atoms with van der Waals surface area (Å²) in [5.74, 6) is 0. The Morgan fingerprint density at radius 1 is 0.654 bits per heavy atom. The molecule has 3 heteroatoms. The quantitative estimate of drug-likeness (QED) is 0.298. The lowest BCUT2D eigenvalue weighted by Gasteiger charge is -2.22. The normalized spacial score (nSPS) is 11.9. The lowest BCUT2D eigenvalue weighted by atomic mass is 9.95. The van der Waals surface area contributed by atoms with E-state index < -0.39 is 0 Å². The molecule has 0 saturated carbocycles. The van der Waals surface area contributed by atoms with Crippen LogP contribution in [0.4, 0.5) is 0 Å². The number of aliphatic hydroxyl groups excluding tert-OH is 2. The maximum Gasteiger partial charge on any atom is 0.0640 e. The van der Waals surface area contributed by atoms with Crippen molar-refractivity contribution >= 4 is 0 Å². The summed E-state index contributed by atoms with van der Waals surface area (Å²) in [4.78, 5) is 0. The average Bonchev–Trinajstić information content (AvgIpc) is 2.68. The van der Waals surface area contributed by atoms with Crippen LogP contribution in [0.15, 0.2) is 0 Å². The van der Waals surface area contributed by atoms with Crippen LogP contribution >= 0.6 is 0 Å². The molecule has 0 rings (SSSR count). The van der Waals surface area contributed by atoms with Crippen molar-refractivity contribution < 1.29 is 15.3 Å². The van der Waals surface area contributed by atoms with E-state index in [2.05, 4.69) is 13.8 Å². The Hall–Kier alpha value is -0.120. The fourth-order valence-electron chi connectivity index (χ4n) is 2.48. The fourth-order valence-corrected chi connectivity index (χ4v) is 2.48. The third kappa shape index (κ3) is 26.1. The Morgan fingerprint density at radius 2 is 1.08 bits per heavy atom. The minimum Gasteiger partial charge on any atom is -0.396 e. The second-order valence-corrected chi connectivity index (χ2v) is 7.33. The van der Waals surface area contributed by atoms with Crippen molar-refractivity contribution in [2.45, 2.75) is 143 Å². The van der Waals surface area contributed by atoms with E-state index in [0.29, 0.717) is 6.61 Å². The van der Waals surface area contributed by atoms with Crippen molar-refractivity contribution in [1.29, 1.82) is 0 Å². The molecule has 0 bridgehead atoms. The first-order valence-corrected chi connectivity index (χ1v) is 11.4. The van der Waals surface area contributed by atoms with E-state index in [4.69, 9.17) is 5.11 Å². The molecule has 1 atom stereocenters. The molecule has 0 aromatic heterocycles. The molecule has 1 unspecified atom stereocenters. The molecule has 0 fully saturated rings. The maximum atomic E-state index is 9.44. The van der Waals surface area contributed by atoms with Gasteiger partial charge in [0.05, 0.1) is 11.7 Å². The second kappa shape index (κ2) is 24.9. The third-order valence-electron chi connectivity index (χ3n) is 5.10. The molecule has 0 aromatic rings. The summed E-state index contributed by atoms with van der Waals surface area (Å²) in [6.07, 6.45) is 15.7. The van der Waals surface area contributed by atoms with Crippen molar-refractivity contribution in [1.82, 2.24) is 0 Å². The van der Waals surface area contributed by atoms with Gasteiger partial charge in [-0.2, -0.15) is 0 Å². The molecule has 3 nitrogen and oxygen atoms in total. The van der Waals surface area contributed by atoms with Crippen molar-refractivity contribution in [3.63, 3.8) is 0 Å². The summed E-state index contributed by atoms with van der Waals surface area (Å²) >= 11 is 0. The summed E-state index contributed by atoms with van der Waals surface area (Å²) in [5, 5.41) is 26.9. The minimum absolute atomic E-state index is 0.0448. The van der Waals surface area contributed by atoms with E-state index >= 15 is 0 Å². The van der Waals surface area contributed by atoms with Crippen molar-refractivity contribution in [2.24, 2.45) is 0 Å². The highest BCUT2D eigenvalue weighted by Crippen LogP contribution is 2.17. The number of hydrogen-bond donors (Lipinski definition) is 3. The van der Waals surface area contributed by atoms with Gasteiger partial charge >= 0.3 is 0 Å². The Bertz CT molecular complexity index is 215. The van der Waals surface area contributed by atoms with Crippen LogP contribution in [0, 0.1) is 0 Å². The molecule has 0 aromatic carbocycles. The zero-order valence-electron chi connectivity index (χ0n) is 19.0. The number of unbranched alkanes of at least 4 members (excludes halogenated alkanes) is 7. The number of rotatable bonds is 14. The van der Waals surface area contributed by atoms with Gasteiger partial charge in [-0.25, -0.2) is 0 Å². The average molecular weight is 377 g/mol. The van der Waals surface area contributed by atoms with Gasteiger partial charge in [-0.15, -0.1) is 0 Å². The van der Waals surface area contributed by atoms with Crippen LogP contribution in [0.5, 0.6) is 0 Å². The Kier molecular flexibility index (Phi) is 29.3. The predicted molar refractivity (Wildman–Crippen MR) is 117 cm³/mol. The van der Waals surface area contributed by atoms with Gasteiger partial charge in [0.15, 0.2) is 0 Å². The van der Waals surface area contributed by atoms with E-state index in [-0.39, 0.29) is 11.7 Å².